The van der Waals surface area contributed by atoms with E-state index in [1.165, 1.54) is 31.2 Å². The fraction of sp³-hybridized carbons (Fsp3) is 0.182. The van der Waals surface area contributed by atoms with Gasteiger partial charge in [-0.15, -0.1) is 0 Å². The van der Waals surface area contributed by atoms with E-state index in [4.69, 9.17) is 4.74 Å². The van der Waals surface area contributed by atoms with Crippen molar-refractivity contribution in [2.24, 2.45) is 0 Å². The van der Waals surface area contributed by atoms with Crippen LogP contribution in [-0.2, 0) is 0 Å². The summed E-state index contributed by atoms with van der Waals surface area (Å²) in [5, 5.41) is 0. The Labute approximate surface area is 161 Å². The average molecular weight is 383 g/mol. The zero-order valence-electron chi connectivity index (χ0n) is 15.8. The van der Waals surface area contributed by atoms with Crippen molar-refractivity contribution in [2.75, 3.05) is 6.61 Å². The molecule has 0 aliphatic heterocycles. The Hall–Kier alpha value is -3.28. The van der Waals surface area contributed by atoms with Crippen LogP contribution in [0.4, 0.5) is 8.78 Å². The summed E-state index contributed by atoms with van der Waals surface area (Å²) in [7, 11) is 0. The summed E-state index contributed by atoms with van der Waals surface area (Å²) in [6.07, 6.45) is 0. The number of carbonyl (C=O) groups excluding carboxylic acids is 2. The number of nitrogens with zero attached hydrogens (tertiary/aromatic N) is 1. The Bertz CT molecular complexity index is 1070. The molecule has 2 aromatic carbocycles. The van der Waals surface area contributed by atoms with E-state index in [0.717, 1.165) is 11.8 Å². The van der Waals surface area contributed by atoms with Crippen LogP contribution in [0.15, 0.2) is 48.5 Å². The van der Waals surface area contributed by atoms with Crippen LogP contribution in [0.25, 0.3) is 5.69 Å². The van der Waals surface area contributed by atoms with Crippen LogP contribution in [0.1, 0.15) is 39.0 Å². The number of aryl methyl sites for hydroxylation is 1. The highest BCUT2D eigenvalue weighted by atomic mass is 19.1. The first-order chi connectivity index (χ1) is 13.3. The topological polar surface area (TPSA) is 48.3 Å². The molecular weight excluding hydrogens is 364 g/mol. The zero-order chi connectivity index (χ0) is 20.4. The first kappa shape index (κ1) is 19.5. The molecule has 0 spiro atoms. The van der Waals surface area contributed by atoms with Gasteiger partial charge in [-0.25, -0.2) is 8.78 Å². The third-order valence-electron chi connectivity index (χ3n) is 4.49. The minimum atomic E-state index is -0.693. The van der Waals surface area contributed by atoms with Gasteiger partial charge in [-0.1, -0.05) is 6.07 Å². The number of hydrogen-bond donors (Lipinski definition) is 0. The predicted molar refractivity (Wildman–Crippen MR) is 101 cm³/mol. The van der Waals surface area contributed by atoms with E-state index in [9.17, 15) is 18.4 Å². The van der Waals surface area contributed by atoms with Crippen molar-refractivity contribution < 1.29 is 23.1 Å². The Morgan fingerprint density at radius 1 is 1.00 bits per heavy atom. The van der Waals surface area contributed by atoms with Gasteiger partial charge in [0.05, 0.1) is 5.56 Å². The van der Waals surface area contributed by atoms with Crippen molar-refractivity contribution in [3.05, 3.63) is 82.7 Å². The molecule has 0 atom stereocenters. The average Bonchev–Trinajstić information content (AvgIpc) is 2.93. The highest BCUT2D eigenvalue weighted by molar-refractivity contribution is 5.99. The highest BCUT2D eigenvalue weighted by Crippen LogP contribution is 2.23. The van der Waals surface area contributed by atoms with Gasteiger partial charge in [0.2, 0.25) is 5.78 Å². The van der Waals surface area contributed by atoms with E-state index in [0.29, 0.717) is 16.9 Å². The van der Waals surface area contributed by atoms with E-state index < -0.39 is 5.82 Å². The molecule has 0 aliphatic rings. The summed E-state index contributed by atoms with van der Waals surface area (Å²) in [4.78, 5) is 23.9. The molecule has 3 aromatic rings. The van der Waals surface area contributed by atoms with Crippen LogP contribution in [0.2, 0.25) is 0 Å². The second-order valence-corrected chi connectivity index (χ2v) is 6.51. The number of halogens is 2. The van der Waals surface area contributed by atoms with Crippen molar-refractivity contribution in [1.29, 1.82) is 0 Å². The quantitative estimate of drug-likeness (QED) is 0.573. The van der Waals surface area contributed by atoms with E-state index in [2.05, 4.69) is 0 Å². The van der Waals surface area contributed by atoms with Crippen LogP contribution in [0, 0.1) is 25.5 Å². The monoisotopic (exact) mass is 383 g/mol. The molecule has 0 saturated carbocycles. The van der Waals surface area contributed by atoms with Gasteiger partial charge in [0.1, 0.15) is 17.4 Å². The fourth-order valence-corrected chi connectivity index (χ4v) is 3.16. The molecule has 4 nitrogen and oxygen atoms in total. The summed E-state index contributed by atoms with van der Waals surface area (Å²) in [6, 6.07) is 11.7. The summed E-state index contributed by atoms with van der Waals surface area (Å²) < 4.78 is 34.6. The van der Waals surface area contributed by atoms with Gasteiger partial charge in [-0.2, -0.15) is 0 Å². The van der Waals surface area contributed by atoms with Crippen molar-refractivity contribution >= 4 is 11.6 Å². The molecule has 0 unspecified atom stereocenters. The summed E-state index contributed by atoms with van der Waals surface area (Å²) in [6.45, 7) is 4.58. The molecular formula is C22H19F2NO3. The maximum absolute atomic E-state index is 13.9. The molecule has 6 heteroatoms. The molecule has 3 rings (SSSR count). The molecule has 0 aliphatic carbocycles. The van der Waals surface area contributed by atoms with E-state index in [1.54, 1.807) is 29.7 Å². The van der Waals surface area contributed by atoms with Crippen LogP contribution in [-0.4, -0.2) is 22.7 Å². The molecule has 0 amide bonds. The molecule has 144 valence electrons. The lowest BCUT2D eigenvalue weighted by Gasteiger charge is -2.10. The van der Waals surface area contributed by atoms with E-state index in [-0.39, 0.29) is 35.3 Å². The van der Waals surface area contributed by atoms with Crippen LogP contribution in [0.5, 0.6) is 5.75 Å². The van der Waals surface area contributed by atoms with Gasteiger partial charge < -0.3 is 9.30 Å². The van der Waals surface area contributed by atoms with Crippen molar-refractivity contribution in [2.45, 2.75) is 20.8 Å². The summed E-state index contributed by atoms with van der Waals surface area (Å²) in [5.41, 5.74) is 2.48. The fourth-order valence-electron chi connectivity index (χ4n) is 3.16. The Kier molecular flexibility index (Phi) is 5.40. The molecule has 1 heterocycles. The number of Topliss-reactive ketones (excluding diaryl/α,β-unsaturated/α-hetero) is 2. The van der Waals surface area contributed by atoms with Gasteiger partial charge in [0.25, 0.3) is 0 Å². The lowest BCUT2D eigenvalue weighted by Crippen LogP contribution is -2.13. The number of aromatic nitrogens is 1. The van der Waals surface area contributed by atoms with Crippen molar-refractivity contribution in [3.8, 4) is 11.4 Å². The first-order valence-corrected chi connectivity index (χ1v) is 8.69. The number of hydrogen-bond acceptors (Lipinski definition) is 3. The van der Waals surface area contributed by atoms with Gasteiger partial charge in [0.15, 0.2) is 12.4 Å². The number of rotatable bonds is 6. The largest absolute Gasteiger partial charge is 0.485 e. The SMILES string of the molecule is CC(=O)c1ccc(OCC(=O)c2cc(C)n(-c3cccc(F)c3)c2C)cc1F. The van der Waals surface area contributed by atoms with Crippen LogP contribution < -0.4 is 4.74 Å². The third-order valence-corrected chi connectivity index (χ3v) is 4.49. The second-order valence-electron chi connectivity index (χ2n) is 6.51. The Balaban J connectivity index is 1.79. The molecule has 0 radical (unpaired) electrons. The van der Waals surface area contributed by atoms with Gasteiger partial charge >= 0.3 is 0 Å². The third kappa shape index (κ3) is 3.86. The lowest BCUT2D eigenvalue weighted by molar-refractivity contribution is 0.0919. The number of carbonyl (C=O) groups is 2. The number of benzene rings is 2. The van der Waals surface area contributed by atoms with Crippen LogP contribution >= 0.6 is 0 Å². The maximum atomic E-state index is 13.9. The Morgan fingerprint density at radius 3 is 2.39 bits per heavy atom. The molecule has 0 N–H and O–H groups in total. The number of ketones is 2. The lowest BCUT2D eigenvalue weighted by atomic mass is 10.1. The highest BCUT2D eigenvalue weighted by Gasteiger charge is 2.18. The molecule has 0 bridgehead atoms. The smallest absolute Gasteiger partial charge is 0.202 e. The van der Waals surface area contributed by atoms with Gasteiger partial charge in [-0.05, 0) is 57.2 Å². The predicted octanol–water partition coefficient (Wildman–Crippen LogP) is 4.84. The van der Waals surface area contributed by atoms with Crippen molar-refractivity contribution in [3.63, 3.8) is 0 Å². The minimum absolute atomic E-state index is 0.0303. The summed E-state index contributed by atoms with van der Waals surface area (Å²) in [5.74, 6) is -1.56. The summed E-state index contributed by atoms with van der Waals surface area (Å²) >= 11 is 0. The number of ether oxygens (including phenoxy) is 1. The van der Waals surface area contributed by atoms with E-state index in [1.807, 2.05) is 6.92 Å². The van der Waals surface area contributed by atoms with Crippen LogP contribution in [0.3, 0.4) is 0 Å². The molecule has 28 heavy (non-hydrogen) atoms. The van der Waals surface area contributed by atoms with Gasteiger partial charge in [-0.3, -0.25) is 9.59 Å². The normalized spacial score (nSPS) is 10.8. The minimum Gasteiger partial charge on any atom is -0.485 e. The zero-order valence-corrected chi connectivity index (χ0v) is 15.8. The molecule has 0 saturated heterocycles. The van der Waals surface area contributed by atoms with Crippen molar-refractivity contribution in [1.82, 2.24) is 4.57 Å². The van der Waals surface area contributed by atoms with E-state index >= 15 is 0 Å². The second kappa shape index (κ2) is 7.76. The standard InChI is InChI=1S/C22H19F2NO3/c1-13-9-20(14(2)25(13)17-6-4-5-16(23)10-17)22(27)12-28-18-7-8-19(15(3)26)21(24)11-18/h4-11H,12H2,1-3H3. The molecule has 0 fully saturated rings. The van der Waals surface area contributed by atoms with Gasteiger partial charge in [0, 0.05) is 28.7 Å². The molecule has 1 aromatic heterocycles. The first-order valence-electron chi connectivity index (χ1n) is 8.69. The maximum Gasteiger partial charge on any atom is 0.202 e. The Morgan fingerprint density at radius 2 is 1.75 bits per heavy atom.